The first-order valence-corrected chi connectivity index (χ1v) is 8.58. The minimum Gasteiger partial charge on any atom is -0.369 e. The lowest BCUT2D eigenvalue weighted by molar-refractivity contribution is -0.123. The number of benzene rings is 1. The molecule has 5 nitrogen and oxygen atoms in total. The van der Waals surface area contributed by atoms with Crippen LogP contribution in [0.2, 0.25) is 0 Å². The summed E-state index contributed by atoms with van der Waals surface area (Å²) < 4.78 is 0. The zero-order chi connectivity index (χ0) is 16.2. The maximum Gasteiger partial charge on any atom is 0.273 e. The largest absolute Gasteiger partial charge is 0.369 e. The Morgan fingerprint density at radius 2 is 1.91 bits per heavy atom. The van der Waals surface area contributed by atoms with E-state index >= 15 is 0 Å². The van der Waals surface area contributed by atoms with Crippen molar-refractivity contribution in [1.29, 1.82) is 0 Å². The Labute approximate surface area is 139 Å². The average molecular weight is 329 g/mol. The van der Waals surface area contributed by atoms with E-state index in [-0.39, 0.29) is 17.7 Å². The maximum atomic E-state index is 12.5. The first-order valence-electron chi connectivity index (χ1n) is 7.70. The molecule has 2 N–H and O–H groups in total. The van der Waals surface area contributed by atoms with Gasteiger partial charge >= 0.3 is 0 Å². The fourth-order valence-corrected chi connectivity index (χ4v) is 3.59. The highest BCUT2D eigenvalue weighted by Gasteiger charge is 2.27. The van der Waals surface area contributed by atoms with Crippen molar-refractivity contribution in [3.8, 4) is 0 Å². The smallest absolute Gasteiger partial charge is 0.273 e. The van der Waals surface area contributed by atoms with Gasteiger partial charge in [-0.05, 0) is 18.4 Å². The number of piperidine rings is 1. The van der Waals surface area contributed by atoms with Gasteiger partial charge in [-0.1, -0.05) is 30.3 Å². The summed E-state index contributed by atoms with van der Waals surface area (Å²) in [6.45, 7) is 1.13. The number of aromatic nitrogens is 1. The van der Waals surface area contributed by atoms with Crippen LogP contribution in [0, 0.1) is 5.92 Å². The monoisotopic (exact) mass is 329 g/mol. The highest BCUT2D eigenvalue weighted by molar-refractivity contribution is 7.09. The second kappa shape index (κ2) is 6.91. The van der Waals surface area contributed by atoms with E-state index in [9.17, 15) is 9.59 Å². The second-order valence-electron chi connectivity index (χ2n) is 5.76. The molecular formula is C17H19N3O2S. The van der Waals surface area contributed by atoms with E-state index in [0.717, 1.165) is 11.4 Å². The number of thiazole rings is 1. The zero-order valence-electron chi connectivity index (χ0n) is 12.8. The Balaban J connectivity index is 1.62. The van der Waals surface area contributed by atoms with Crippen molar-refractivity contribution < 1.29 is 9.59 Å². The van der Waals surface area contributed by atoms with Crippen LogP contribution in [0.1, 0.15) is 33.9 Å². The second-order valence-corrected chi connectivity index (χ2v) is 6.70. The Morgan fingerprint density at radius 3 is 2.57 bits per heavy atom. The molecule has 0 atom stereocenters. The number of primary amides is 1. The van der Waals surface area contributed by atoms with Gasteiger partial charge in [-0.3, -0.25) is 9.59 Å². The number of hydrogen-bond donors (Lipinski definition) is 1. The predicted molar refractivity (Wildman–Crippen MR) is 89.2 cm³/mol. The minimum atomic E-state index is -0.268. The topological polar surface area (TPSA) is 76.3 Å². The van der Waals surface area contributed by atoms with Gasteiger partial charge in [0.25, 0.3) is 5.91 Å². The molecule has 1 aliphatic rings. The Hall–Kier alpha value is -2.21. The van der Waals surface area contributed by atoms with Gasteiger partial charge in [0, 0.05) is 30.8 Å². The van der Waals surface area contributed by atoms with Crippen LogP contribution in [0.4, 0.5) is 0 Å². The predicted octanol–water partition coefficient (Wildman–Crippen LogP) is 2.07. The molecule has 6 heteroatoms. The first kappa shape index (κ1) is 15.7. The van der Waals surface area contributed by atoms with Crippen LogP contribution in [-0.2, 0) is 11.2 Å². The van der Waals surface area contributed by atoms with Crippen molar-refractivity contribution in [2.24, 2.45) is 11.7 Å². The van der Waals surface area contributed by atoms with Gasteiger partial charge in [-0.2, -0.15) is 0 Å². The molecule has 2 heterocycles. The van der Waals surface area contributed by atoms with Crippen LogP contribution in [-0.4, -0.2) is 34.8 Å². The van der Waals surface area contributed by atoms with Gasteiger partial charge in [0.15, 0.2) is 0 Å². The zero-order valence-corrected chi connectivity index (χ0v) is 13.6. The molecule has 120 valence electrons. The summed E-state index contributed by atoms with van der Waals surface area (Å²) in [6, 6.07) is 10.1. The molecule has 0 aliphatic carbocycles. The normalized spacial score (nSPS) is 15.6. The summed E-state index contributed by atoms with van der Waals surface area (Å²) in [5.41, 5.74) is 7.01. The fraction of sp³-hybridized carbons (Fsp3) is 0.353. The molecule has 3 rings (SSSR count). The van der Waals surface area contributed by atoms with Gasteiger partial charge < -0.3 is 10.6 Å². The van der Waals surface area contributed by atoms with Gasteiger partial charge in [-0.15, -0.1) is 11.3 Å². The van der Waals surface area contributed by atoms with Crippen LogP contribution in [0.5, 0.6) is 0 Å². The van der Waals surface area contributed by atoms with Gasteiger partial charge in [-0.25, -0.2) is 4.98 Å². The van der Waals surface area contributed by atoms with E-state index in [1.807, 2.05) is 23.6 Å². The third-order valence-electron chi connectivity index (χ3n) is 4.15. The van der Waals surface area contributed by atoms with Crippen molar-refractivity contribution in [1.82, 2.24) is 9.88 Å². The van der Waals surface area contributed by atoms with E-state index in [2.05, 4.69) is 17.1 Å². The third kappa shape index (κ3) is 3.76. The molecule has 0 unspecified atom stereocenters. The van der Waals surface area contributed by atoms with Crippen LogP contribution in [0.3, 0.4) is 0 Å². The molecule has 0 saturated carbocycles. The first-order chi connectivity index (χ1) is 11.1. The number of carbonyl (C=O) groups excluding carboxylic acids is 2. The summed E-state index contributed by atoms with van der Waals surface area (Å²) >= 11 is 1.51. The van der Waals surface area contributed by atoms with E-state index < -0.39 is 0 Å². The van der Waals surface area contributed by atoms with Crippen LogP contribution in [0.15, 0.2) is 35.7 Å². The Kier molecular flexibility index (Phi) is 4.71. The number of likely N-dealkylation sites (tertiary alicyclic amines) is 1. The molecule has 1 saturated heterocycles. The average Bonchev–Trinajstić information content (AvgIpc) is 3.03. The van der Waals surface area contributed by atoms with Gasteiger partial charge in [0.05, 0.1) is 5.01 Å². The lowest BCUT2D eigenvalue weighted by atomic mass is 9.96. The van der Waals surface area contributed by atoms with Crippen molar-refractivity contribution in [3.63, 3.8) is 0 Å². The van der Waals surface area contributed by atoms with Crippen LogP contribution in [0.25, 0.3) is 0 Å². The molecule has 1 aromatic heterocycles. The molecule has 1 aromatic carbocycles. The lowest BCUT2D eigenvalue weighted by Gasteiger charge is -2.30. The highest BCUT2D eigenvalue weighted by atomic mass is 32.1. The molecule has 2 amide bonds. The van der Waals surface area contributed by atoms with Crippen LogP contribution < -0.4 is 5.73 Å². The van der Waals surface area contributed by atoms with E-state index in [0.29, 0.717) is 31.6 Å². The molecule has 1 fully saturated rings. The summed E-state index contributed by atoms with van der Waals surface area (Å²) in [5, 5.41) is 2.76. The quantitative estimate of drug-likeness (QED) is 0.933. The molecule has 23 heavy (non-hydrogen) atoms. The fourth-order valence-electron chi connectivity index (χ4n) is 2.79. The molecule has 2 aromatic rings. The minimum absolute atomic E-state index is 0.0523. The van der Waals surface area contributed by atoms with E-state index in [1.165, 1.54) is 16.9 Å². The van der Waals surface area contributed by atoms with E-state index in [1.54, 1.807) is 4.90 Å². The van der Waals surface area contributed by atoms with Gasteiger partial charge in [0.2, 0.25) is 5.91 Å². The Bertz CT molecular complexity index is 691. The number of amides is 2. The molecule has 1 aliphatic heterocycles. The maximum absolute atomic E-state index is 12.5. The van der Waals surface area contributed by atoms with Crippen LogP contribution >= 0.6 is 11.3 Å². The SMILES string of the molecule is NC(=O)C1CCN(C(=O)c2csc(Cc3ccccc3)n2)CC1. The lowest BCUT2D eigenvalue weighted by Crippen LogP contribution is -2.41. The van der Waals surface area contributed by atoms with Crippen molar-refractivity contribution >= 4 is 23.2 Å². The number of nitrogens with two attached hydrogens (primary N) is 1. The number of hydrogen-bond acceptors (Lipinski definition) is 4. The van der Waals surface area contributed by atoms with Gasteiger partial charge in [0.1, 0.15) is 5.69 Å². The number of nitrogens with zero attached hydrogens (tertiary/aromatic N) is 2. The standard InChI is InChI=1S/C17H19N3O2S/c18-16(21)13-6-8-20(9-7-13)17(22)14-11-23-15(19-14)10-12-4-2-1-3-5-12/h1-5,11,13H,6-10H2,(H2,18,21). The summed E-state index contributed by atoms with van der Waals surface area (Å²) in [4.78, 5) is 29.9. The molecule has 0 bridgehead atoms. The Morgan fingerprint density at radius 1 is 1.22 bits per heavy atom. The van der Waals surface area contributed by atoms with Crippen molar-refractivity contribution in [2.45, 2.75) is 19.3 Å². The third-order valence-corrected chi connectivity index (χ3v) is 5.00. The summed E-state index contributed by atoms with van der Waals surface area (Å²) in [6.07, 6.45) is 2.02. The number of carbonyl (C=O) groups is 2. The molecule has 0 radical (unpaired) electrons. The highest BCUT2D eigenvalue weighted by Crippen LogP contribution is 2.20. The summed E-state index contributed by atoms with van der Waals surface area (Å²) in [7, 11) is 0. The van der Waals surface area contributed by atoms with E-state index in [4.69, 9.17) is 5.73 Å². The van der Waals surface area contributed by atoms with Crippen molar-refractivity contribution in [3.05, 3.63) is 52.0 Å². The van der Waals surface area contributed by atoms with Crippen molar-refractivity contribution in [2.75, 3.05) is 13.1 Å². The molecule has 0 spiro atoms. The summed E-state index contributed by atoms with van der Waals surface area (Å²) in [5.74, 6) is -0.428. The number of rotatable bonds is 4. The molecular weight excluding hydrogens is 310 g/mol.